The number of halogens is 1. The first-order valence-electron chi connectivity index (χ1n) is 9.36. The first-order valence-corrected chi connectivity index (χ1v) is 9.36. The number of nitrogens with one attached hydrogen (secondary N) is 2. The minimum absolute atomic E-state index is 0.200. The van der Waals surface area contributed by atoms with Crippen molar-refractivity contribution < 1.29 is 23.9 Å². The van der Waals surface area contributed by atoms with E-state index in [0.29, 0.717) is 17.9 Å². The molecule has 0 bridgehead atoms. The van der Waals surface area contributed by atoms with Gasteiger partial charge in [-0.15, -0.1) is 0 Å². The molecule has 0 spiro atoms. The smallest absolute Gasteiger partial charge is 0.330 e. The number of benzene rings is 1. The van der Waals surface area contributed by atoms with Crippen LogP contribution in [0, 0.1) is 18.7 Å². The van der Waals surface area contributed by atoms with E-state index >= 15 is 0 Å². The number of hydrogen-bond donors (Lipinski definition) is 3. The number of carboxylic acids is 1. The van der Waals surface area contributed by atoms with Crippen molar-refractivity contribution in [2.75, 3.05) is 0 Å². The quantitative estimate of drug-likeness (QED) is 0.680. The Hall–Kier alpha value is -2.44. The van der Waals surface area contributed by atoms with Crippen molar-refractivity contribution in [3.05, 3.63) is 35.1 Å². The van der Waals surface area contributed by atoms with Crippen molar-refractivity contribution in [1.29, 1.82) is 0 Å². The molecule has 0 heterocycles. The predicted octanol–water partition coefficient (Wildman–Crippen LogP) is 2.85. The van der Waals surface area contributed by atoms with Gasteiger partial charge in [-0.2, -0.15) is 0 Å². The van der Waals surface area contributed by atoms with Crippen LogP contribution in [-0.4, -0.2) is 28.9 Å². The molecule has 2 rings (SSSR count). The van der Waals surface area contributed by atoms with Crippen LogP contribution in [0.4, 0.5) is 4.39 Å². The van der Waals surface area contributed by atoms with E-state index < -0.39 is 29.8 Å². The van der Waals surface area contributed by atoms with Crippen LogP contribution < -0.4 is 10.6 Å². The van der Waals surface area contributed by atoms with Gasteiger partial charge in [-0.1, -0.05) is 31.4 Å². The summed E-state index contributed by atoms with van der Waals surface area (Å²) in [7, 11) is 0. The van der Waals surface area contributed by atoms with Crippen LogP contribution in [0.25, 0.3) is 0 Å². The summed E-state index contributed by atoms with van der Waals surface area (Å²) < 4.78 is 13.4. The zero-order valence-corrected chi connectivity index (χ0v) is 15.8. The Morgan fingerprint density at radius 2 is 1.85 bits per heavy atom. The lowest BCUT2D eigenvalue weighted by atomic mass is 9.87. The molecule has 1 aliphatic carbocycles. The highest BCUT2D eigenvalue weighted by atomic mass is 19.1. The molecule has 1 aromatic carbocycles. The first kappa shape index (κ1) is 20.9. The van der Waals surface area contributed by atoms with Crippen LogP contribution in [0.2, 0.25) is 0 Å². The fourth-order valence-electron chi connectivity index (χ4n) is 3.42. The van der Waals surface area contributed by atoms with Crippen molar-refractivity contribution in [1.82, 2.24) is 10.6 Å². The third kappa shape index (κ3) is 6.05. The largest absolute Gasteiger partial charge is 0.479 e. The maximum absolute atomic E-state index is 13.4. The van der Waals surface area contributed by atoms with Crippen molar-refractivity contribution in [3.8, 4) is 0 Å². The van der Waals surface area contributed by atoms with Gasteiger partial charge in [0.25, 0.3) is 0 Å². The summed E-state index contributed by atoms with van der Waals surface area (Å²) in [4.78, 5) is 36.0. The van der Waals surface area contributed by atoms with Crippen molar-refractivity contribution in [2.24, 2.45) is 5.92 Å². The molecule has 1 aromatic rings. The summed E-state index contributed by atoms with van der Waals surface area (Å²) in [5, 5.41) is 14.5. The van der Waals surface area contributed by atoms with Crippen molar-refractivity contribution in [2.45, 2.75) is 64.5 Å². The Morgan fingerprint density at radius 3 is 2.44 bits per heavy atom. The molecular weight excluding hydrogens is 351 g/mol. The Kier molecular flexibility index (Phi) is 7.33. The third-order valence-corrected chi connectivity index (χ3v) is 5.02. The van der Waals surface area contributed by atoms with E-state index in [-0.39, 0.29) is 11.5 Å². The number of carbonyl (C=O) groups is 3. The predicted molar refractivity (Wildman–Crippen MR) is 98.5 cm³/mol. The minimum atomic E-state index is -1.31. The summed E-state index contributed by atoms with van der Waals surface area (Å²) in [6.45, 7) is 3.04. The Balaban J connectivity index is 1.94. The van der Waals surface area contributed by atoms with Crippen LogP contribution in [0.1, 0.15) is 62.6 Å². The molecule has 0 aromatic heterocycles. The lowest BCUT2D eigenvalue weighted by Crippen LogP contribution is -2.47. The molecule has 2 unspecified atom stereocenters. The molecule has 0 radical (unpaired) electrons. The second-order valence-electron chi connectivity index (χ2n) is 7.29. The normalized spacial score (nSPS) is 17.0. The molecule has 1 fully saturated rings. The molecule has 0 aliphatic heterocycles. The van der Waals surface area contributed by atoms with Gasteiger partial charge in [0.05, 0.1) is 0 Å². The van der Waals surface area contributed by atoms with E-state index in [1.807, 2.05) is 0 Å². The van der Waals surface area contributed by atoms with Crippen LogP contribution in [0.3, 0.4) is 0 Å². The Bertz CT molecular complexity index is 701. The van der Waals surface area contributed by atoms with E-state index in [9.17, 15) is 23.9 Å². The average molecular weight is 378 g/mol. The Labute approximate surface area is 158 Å². The van der Waals surface area contributed by atoms with Gasteiger partial charge in [-0.25, -0.2) is 9.18 Å². The zero-order chi connectivity index (χ0) is 20.0. The first-order chi connectivity index (χ1) is 12.8. The highest BCUT2D eigenvalue weighted by molar-refractivity contribution is 5.90. The molecular formula is C20H27FN2O4. The molecule has 7 heteroatoms. The lowest BCUT2D eigenvalue weighted by Gasteiger charge is -2.23. The Morgan fingerprint density at radius 1 is 1.19 bits per heavy atom. The molecule has 3 N–H and O–H groups in total. The number of aliphatic carboxylic acids is 1. The monoisotopic (exact) mass is 378 g/mol. The van der Waals surface area contributed by atoms with Gasteiger partial charge in [-0.05, 0) is 49.8 Å². The van der Waals surface area contributed by atoms with Gasteiger partial charge < -0.3 is 15.7 Å². The molecule has 0 saturated heterocycles. The van der Waals surface area contributed by atoms with Gasteiger partial charge >= 0.3 is 5.97 Å². The maximum atomic E-state index is 13.4. The summed E-state index contributed by atoms with van der Waals surface area (Å²) in [6, 6.07) is 1.72. The van der Waals surface area contributed by atoms with E-state index in [1.165, 1.54) is 38.5 Å². The number of carbonyl (C=O) groups excluding carboxylic acids is 2. The summed E-state index contributed by atoms with van der Waals surface area (Å²) in [5.74, 6) is -2.15. The summed E-state index contributed by atoms with van der Waals surface area (Å²) in [6.07, 6.45) is 5.90. The van der Waals surface area contributed by atoms with E-state index in [2.05, 4.69) is 10.6 Å². The summed E-state index contributed by atoms with van der Waals surface area (Å²) in [5.41, 5.74) is 0.567. The molecule has 27 heavy (non-hydrogen) atoms. The molecule has 2 amide bonds. The average Bonchev–Trinajstić information content (AvgIpc) is 2.62. The standard InChI is InChI=1S/C20H27FN2O4/c1-12-10-15(8-9-16(12)21)18(20(26)27)23-19(25)13(2)22-17(24)11-14-6-4-3-5-7-14/h8-10,13-14,18H,3-7,11H2,1-2H3,(H,22,24)(H,23,25)(H,26,27). The highest BCUT2D eigenvalue weighted by Crippen LogP contribution is 2.26. The lowest BCUT2D eigenvalue weighted by molar-refractivity contribution is -0.142. The number of hydrogen-bond acceptors (Lipinski definition) is 3. The van der Waals surface area contributed by atoms with Crippen LogP contribution >= 0.6 is 0 Å². The summed E-state index contributed by atoms with van der Waals surface area (Å²) >= 11 is 0. The number of amides is 2. The molecule has 148 valence electrons. The second kappa shape index (κ2) is 9.48. The molecule has 1 saturated carbocycles. The fourth-order valence-corrected chi connectivity index (χ4v) is 3.42. The van der Waals surface area contributed by atoms with Crippen LogP contribution in [0.5, 0.6) is 0 Å². The SMILES string of the molecule is Cc1cc(C(NC(=O)C(C)NC(=O)CC2CCCCC2)C(=O)O)ccc1F. The van der Waals surface area contributed by atoms with E-state index in [1.54, 1.807) is 0 Å². The maximum Gasteiger partial charge on any atom is 0.330 e. The van der Waals surface area contributed by atoms with Gasteiger partial charge in [-0.3, -0.25) is 9.59 Å². The molecule has 6 nitrogen and oxygen atoms in total. The number of carboxylic acid groups (broad SMARTS) is 1. The van der Waals surface area contributed by atoms with Crippen LogP contribution in [0.15, 0.2) is 18.2 Å². The van der Waals surface area contributed by atoms with Crippen molar-refractivity contribution in [3.63, 3.8) is 0 Å². The zero-order valence-electron chi connectivity index (χ0n) is 15.8. The van der Waals surface area contributed by atoms with E-state index in [4.69, 9.17) is 0 Å². The molecule has 2 atom stereocenters. The van der Waals surface area contributed by atoms with Gasteiger partial charge in [0.15, 0.2) is 6.04 Å². The van der Waals surface area contributed by atoms with Crippen molar-refractivity contribution >= 4 is 17.8 Å². The highest BCUT2D eigenvalue weighted by Gasteiger charge is 2.26. The molecule has 1 aliphatic rings. The minimum Gasteiger partial charge on any atom is -0.479 e. The number of aryl methyl sites for hydroxylation is 1. The van der Waals surface area contributed by atoms with Crippen LogP contribution in [-0.2, 0) is 14.4 Å². The second-order valence-corrected chi connectivity index (χ2v) is 7.29. The van der Waals surface area contributed by atoms with Gasteiger partial charge in [0, 0.05) is 6.42 Å². The third-order valence-electron chi connectivity index (χ3n) is 5.02. The van der Waals surface area contributed by atoms with Gasteiger partial charge in [0.2, 0.25) is 11.8 Å². The fraction of sp³-hybridized carbons (Fsp3) is 0.550. The topological polar surface area (TPSA) is 95.5 Å². The van der Waals surface area contributed by atoms with Gasteiger partial charge in [0.1, 0.15) is 11.9 Å². The van der Waals surface area contributed by atoms with E-state index in [0.717, 1.165) is 25.7 Å². The number of rotatable bonds is 7.